The summed E-state index contributed by atoms with van der Waals surface area (Å²) < 4.78 is 15.8. The SMILES string of the molecule is CC(C)(C)C[C@@H]1NC(C(=O)NC2CCC(O)CC2)C(c2cccc(Cl)c2F)C12C(=O)Nc1cc(Cl)ccc12. The van der Waals surface area contributed by atoms with Crippen LogP contribution in [0.25, 0.3) is 0 Å². The van der Waals surface area contributed by atoms with Crippen LogP contribution in [0.3, 0.4) is 0 Å². The number of carbonyl (C=O) groups is 2. The number of benzene rings is 2. The minimum Gasteiger partial charge on any atom is -0.393 e. The van der Waals surface area contributed by atoms with Gasteiger partial charge in [-0.15, -0.1) is 0 Å². The van der Waals surface area contributed by atoms with Crippen LogP contribution in [0.4, 0.5) is 10.1 Å². The fourth-order valence-electron chi connectivity index (χ4n) is 6.66. The van der Waals surface area contributed by atoms with E-state index in [2.05, 4.69) is 36.7 Å². The van der Waals surface area contributed by atoms with Crippen molar-refractivity contribution in [2.75, 3.05) is 5.32 Å². The van der Waals surface area contributed by atoms with Crippen LogP contribution in [0.15, 0.2) is 36.4 Å². The van der Waals surface area contributed by atoms with Crippen LogP contribution in [0, 0.1) is 11.2 Å². The lowest BCUT2D eigenvalue weighted by Crippen LogP contribution is -2.50. The van der Waals surface area contributed by atoms with Crippen molar-refractivity contribution in [3.63, 3.8) is 0 Å². The molecule has 2 aliphatic heterocycles. The Kier molecular flexibility index (Phi) is 7.27. The maximum atomic E-state index is 15.8. The largest absolute Gasteiger partial charge is 0.393 e. The summed E-state index contributed by atoms with van der Waals surface area (Å²) in [6.07, 6.45) is 2.75. The molecule has 2 fully saturated rings. The van der Waals surface area contributed by atoms with Gasteiger partial charge in [0.15, 0.2) is 0 Å². The third kappa shape index (κ3) is 4.72. The molecule has 9 heteroatoms. The first-order chi connectivity index (χ1) is 17.9. The normalized spacial score (nSPS) is 30.8. The lowest BCUT2D eigenvalue weighted by molar-refractivity contribution is -0.124. The van der Waals surface area contributed by atoms with E-state index in [1.807, 2.05) is 6.07 Å². The van der Waals surface area contributed by atoms with Gasteiger partial charge in [-0.05, 0) is 66.8 Å². The number of amides is 2. The van der Waals surface area contributed by atoms with Crippen LogP contribution in [-0.2, 0) is 15.0 Å². The highest BCUT2D eigenvalue weighted by Gasteiger charge is 2.66. The molecule has 2 aromatic carbocycles. The second-order valence-corrected chi connectivity index (χ2v) is 13.0. The van der Waals surface area contributed by atoms with Gasteiger partial charge in [0.05, 0.1) is 17.2 Å². The highest BCUT2D eigenvalue weighted by Crippen LogP contribution is 2.57. The number of halogens is 3. The number of carbonyl (C=O) groups excluding carboxylic acids is 2. The topological polar surface area (TPSA) is 90.5 Å². The van der Waals surface area contributed by atoms with Gasteiger partial charge in [-0.25, -0.2) is 4.39 Å². The first-order valence-corrected chi connectivity index (χ1v) is 14.0. The van der Waals surface area contributed by atoms with Gasteiger partial charge in [-0.1, -0.05) is 62.2 Å². The lowest BCUT2D eigenvalue weighted by Gasteiger charge is -2.38. The summed E-state index contributed by atoms with van der Waals surface area (Å²) in [4.78, 5) is 28.1. The Bertz CT molecular complexity index is 1260. The number of hydrogen-bond acceptors (Lipinski definition) is 4. The van der Waals surface area contributed by atoms with E-state index in [-0.39, 0.29) is 40.0 Å². The van der Waals surface area contributed by atoms with E-state index in [4.69, 9.17) is 23.2 Å². The molecular formula is C29H34Cl2FN3O3. The molecule has 2 amide bonds. The van der Waals surface area contributed by atoms with E-state index in [0.717, 1.165) is 0 Å². The molecule has 3 aliphatic rings. The molecule has 2 aromatic rings. The zero-order valence-electron chi connectivity index (χ0n) is 21.8. The van der Waals surface area contributed by atoms with Gasteiger partial charge in [0.2, 0.25) is 11.8 Å². The smallest absolute Gasteiger partial charge is 0.238 e. The van der Waals surface area contributed by atoms with E-state index in [1.165, 1.54) is 6.07 Å². The fraction of sp³-hybridized carbons (Fsp3) is 0.517. The zero-order chi connectivity index (χ0) is 27.4. The average Bonchev–Trinajstić information content (AvgIpc) is 3.31. The van der Waals surface area contributed by atoms with Gasteiger partial charge in [0, 0.05) is 28.7 Å². The average molecular weight is 563 g/mol. The summed E-state index contributed by atoms with van der Waals surface area (Å²) in [7, 11) is 0. The van der Waals surface area contributed by atoms with E-state index in [0.29, 0.717) is 48.4 Å². The Morgan fingerprint density at radius 3 is 2.55 bits per heavy atom. The van der Waals surface area contributed by atoms with Gasteiger partial charge in [0.1, 0.15) is 11.2 Å². The zero-order valence-corrected chi connectivity index (χ0v) is 23.3. The number of anilines is 1. The van der Waals surface area contributed by atoms with E-state index < -0.39 is 29.2 Å². The summed E-state index contributed by atoms with van der Waals surface area (Å²) >= 11 is 12.5. The molecule has 1 saturated heterocycles. The molecule has 1 aliphatic carbocycles. The first-order valence-electron chi connectivity index (χ1n) is 13.2. The highest BCUT2D eigenvalue weighted by molar-refractivity contribution is 6.31. The van der Waals surface area contributed by atoms with Gasteiger partial charge >= 0.3 is 0 Å². The van der Waals surface area contributed by atoms with Crippen molar-refractivity contribution < 1.29 is 19.1 Å². The van der Waals surface area contributed by atoms with Crippen molar-refractivity contribution in [3.05, 3.63) is 63.4 Å². The highest BCUT2D eigenvalue weighted by atomic mass is 35.5. The molecule has 1 saturated carbocycles. The summed E-state index contributed by atoms with van der Waals surface area (Å²) in [6.45, 7) is 6.23. The van der Waals surface area contributed by atoms with Crippen LogP contribution in [-0.4, -0.2) is 41.2 Å². The van der Waals surface area contributed by atoms with Crippen LogP contribution in [0.5, 0.6) is 0 Å². The number of rotatable bonds is 4. The van der Waals surface area contributed by atoms with Crippen molar-refractivity contribution in [1.82, 2.24) is 10.6 Å². The minimum atomic E-state index is -1.27. The molecule has 5 rings (SSSR count). The molecule has 2 heterocycles. The van der Waals surface area contributed by atoms with Crippen molar-refractivity contribution in [1.29, 1.82) is 0 Å². The van der Waals surface area contributed by atoms with Crippen molar-refractivity contribution in [3.8, 4) is 0 Å². The van der Waals surface area contributed by atoms with Crippen LogP contribution in [0.1, 0.15) is 69.9 Å². The first kappa shape index (κ1) is 27.4. The predicted octanol–water partition coefficient (Wildman–Crippen LogP) is 5.30. The quantitative estimate of drug-likeness (QED) is 0.407. The minimum absolute atomic E-state index is 0.0629. The van der Waals surface area contributed by atoms with Gasteiger partial charge in [-0.3, -0.25) is 9.59 Å². The van der Waals surface area contributed by atoms with E-state index in [9.17, 15) is 14.7 Å². The Morgan fingerprint density at radius 1 is 1.16 bits per heavy atom. The van der Waals surface area contributed by atoms with E-state index in [1.54, 1.807) is 24.3 Å². The van der Waals surface area contributed by atoms with Gasteiger partial charge in [0.25, 0.3) is 0 Å². The molecule has 4 atom stereocenters. The number of hydrogen-bond donors (Lipinski definition) is 4. The Labute approximate surface area is 232 Å². The molecule has 4 N–H and O–H groups in total. The number of aliphatic hydroxyl groups excluding tert-OH is 1. The maximum Gasteiger partial charge on any atom is 0.238 e. The molecule has 1 spiro atoms. The number of fused-ring (bicyclic) bond motifs is 2. The third-order valence-corrected chi connectivity index (χ3v) is 8.79. The standard InChI is InChI=1S/C29H34Cl2FN3O3/c1-28(2,3)14-22-29(19-12-7-15(30)13-21(19)34-27(29)38)23(18-5-4-6-20(31)24(18)32)25(35-22)26(37)33-16-8-10-17(36)11-9-16/h4-7,12-13,16-17,22-23,25,35-36H,8-11,14H2,1-3H3,(H,33,37)(H,34,38)/t16?,17?,22-,23?,25?,29?/m0/s1. The predicted molar refractivity (Wildman–Crippen MR) is 147 cm³/mol. The second kappa shape index (κ2) is 10.1. The van der Waals surface area contributed by atoms with Crippen molar-refractivity contribution >= 4 is 40.7 Å². The van der Waals surface area contributed by atoms with Crippen LogP contribution < -0.4 is 16.0 Å². The molecule has 0 bridgehead atoms. The third-order valence-electron chi connectivity index (χ3n) is 8.26. The lowest BCUT2D eigenvalue weighted by atomic mass is 9.62. The maximum absolute atomic E-state index is 15.8. The summed E-state index contributed by atoms with van der Waals surface area (Å²) in [5, 5.41) is 19.9. The number of nitrogens with one attached hydrogen (secondary N) is 3. The molecular weight excluding hydrogens is 528 g/mol. The molecule has 6 nitrogen and oxygen atoms in total. The van der Waals surface area contributed by atoms with Crippen LogP contribution >= 0.6 is 23.2 Å². The summed E-state index contributed by atoms with van der Waals surface area (Å²) in [5.74, 6) is -2.09. The van der Waals surface area contributed by atoms with Gasteiger partial charge < -0.3 is 21.1 Å². The second-order valence-electron chi connectivity index (χ2n) is 12.1. The summed E-state index contributed by atoms with van der Waals surface area (Å²) in [5.41, 5.74) is -0.00278. The molecule has 38 heavy (non-hydrogen) atoms. The Hall–Kier alpha value is -2.19. The number of aliphatic hydroxyl groups is 1. The monoisotopic (exact) mass is 561 g/mol. The molecule has 0 aromatic heterocycles. The molecule has 0 radical (unpaired) electrons. The summed E-state index contributed by atoms with van der Waals surface area (Å²) in [6, 6.07) is 8.50. The Morgan fingerprint density at radius 2 is 1.87 bits per heavy atom. The van der Waals surface area contributed by atoms with E-state index >= 15 is 4.39 Å². The van der Waals surface area contributed by atoms with Crippen molar-refractivity contribution in [2.24, 2.45) is 5.41 Å². The molecule has 3 unspecified atom stereocenters. The van der Waals surface area contributed by atoms with Crippen molar-refractivity contribution in [2.45, 2.75) is 88.4 Å². The van der Waals surface area contributed by atoms with Gasteiger partial charge in [-0.2, -0.15) is 0 Å². The molecule has 204 valence electrons. The van der Waals surface area contributed by atoms with Crippen LogP contribution in [0.2, 0.25) is 10.0 Å². The Balaban J connectivity index is 1.67. The fourth-order valence-corrected chi connectivity index (χ4v) is 7.02.